The average Bonchev–Trinajstić information content (AvgIpc) is 2.41. The van der Waals surface area contributed by atoms with Crippen molar-refractivity contribution in [2.45, 2.75) is 13.0 Å². The molecule has 0 saturated carbocycles. The number of carbonyl (C=O) groups is 2. The highest BCUT2D eigenvalue weighted by Gasteiger charge is 2.15. The standard InChI is InChI=1S/C12H16ClN3O3S/c1-2-19-12(18)8(14)6-20-7-10(17)16-9-4-3-5-15-11(9)13/h3-5,8H,2,6-7,14H2,1H3,(H,16,17). The molecule has 0 fully saturated rings. The molecule has 1 rings (SSSR count). The number of carbonyl (C=O) groups excluding carboxylic acids is 2. The summed E-state index contributed by atoms with van der Waals surface area (Å²) in [5, 5.41) is 2.86. The molecule has 3 N–H and O–H groups in total. The number of nitrogens with zero attached hydrogens (tertiary/aromatic N) is 1. The topological polar surface area (TPSA) is 94.3 Å². The van der Waals surface area contributed by atoms with Gasteiger partial charge in [0, 0.05) is 11.9 Å². The van der Waals surface area contributed by atoms with Gasteiger partial charge in [0.1, 0.15) is 6.04 Å². The number of aromatic nitrogens is 1. The summed E-state index contributed by atoms with van der Waals surface area (Å²) < 4.78 is 4.77. The van der Waals surface area contributed by atoms with E-state index in [9.17, 15) is 9.59 Å². The molecule has 1 heterocycles. The van der Waals surface area contributed by atoms with Crippen molar-refractivity contribution in [1.82, 2.24) is 4.98 Å². The van der Waals surface area contributed by atoms with E-state index in [-0.39, 0.29) is 23.4 Å². The summed E-state index contributed by atoms with van der Waals surface area (Å²) in [6.45, 7) is 2.00. The van der Waals surface area contributed by atoms with E-state index in [4.69, 9.17) is 22.1 Å². The molecule has 1 atom stereocenters. The van der Waals surface area contributed by atoms with Crippen LogP contribution >= 0.6 is 23.4 Å². The summed E-state index contributed by atoms with van der Waals surface area (Å²) in [4.78, 5) is 26.8. The van der Waals surface area contributed by atoms with Crippen molar-refractivity contribution >= 4 is 40.9 Å². The quantitative estimate of drug-likeness (QED) is 0.581. The van der Waals surface area contributed by atoms with Crippen LogP contribution in [0.25, 0.3) is 0 Å². The zero-order valence-corrected chi connectivity index (χ0v) is 12.5. The molecule has 1 aromatic rings. The highest BCUT2D eigenvalue weighted by atomic mass is 35.5. The van der Waals surface area contributed by atoms with E-state index < -0.39 is 12.0 Å². The van der Waals surface area contributed by atoms with E-state index in [1.165, 1.54) is 18.0 Å². The Labute approximate surface area is 126 Å². The molecule has 0 aliphatic carbocycles. The van der Waals surface area contributed by atoms with Gasteiger partial charge in [-0.2, -0.15) is 0 Å². The second-order valence-electron chi connectivity index (χ2n) is 3.76. The SMILES string of the molecule is CCOC(=O)C(N)CSCC(=O)Nc1cccnc1Cl. The van der Waals surface area contributed by atoms with Crippen LogP contribution in [-0.2, 0) is 14.3 Å². The molecular weight excluding hydrogens is 302 g/mol. The highest BCUT2D eigenvalue weighted by Crippen LogP contribution is 2.17. The van der Waals surface area contributed by atoms with Gasteiger partial charge in [0.15, 0.2) is 5.15 Å². The van der Waals surface area contributed by atoms with Crippen molar-refractivity contribution in [1.29, 1.82) is 0 Å². The van der Waals surface area contributed by atoms with Crippen LogP contribution in [0.15, 0.2) is 18.3 Å². The molecule has 1 aromatic heterocycles. The molecule has 110 valence electrons. The number of thioether (sulfide) groups is 1. The molecule has 1 amide bonds. The van der Waals surface area contributed by atoms with Gasteiger partial charge < -0.3 is 15.8 Å². The zero-order valence-electron chi connectivity index (χ0n) is 11.0. The normalized spacial score (nSPS) is 11.8. The molecular formula is C12H16ClN3O3S. The zero-order chi connectivity index (χ0) is 15.0. The van der Waals surface area contributed by atoms with Crippen LogP contribution in [0.1, 0.15) is 6.92 Å². The number of halogens is 1. The molecule has 1 unspecified atom stereocenters. The lowest BCUT2D eigenvalue weighted by Gasteiger charge is -2.10. The summed E-state index contributed by atoms with van der Waals surface area (Å²) in [7, 11) is 0. The summed E-state index contributed by atoms with van der Waals surface area (Å²) in [5.74, 6) is -0.220. The highest BCUT2D eigenvalue weighted by molar-refractivity contribution is 8.00. The van der Waals surface area contributed by atoms with Crippen LogP contribution in [0.2, 0.25) is 5.15 Å². The van der Waals surface area contributed by atoms with E-state index >= 15 is 0 Å². The molecule has 6 nitrogen and oxygen atoms in total. The molecule has 0 radical (unpaired) electrons. The Bertz CT molecular complexity index is 473. The van der Waals surface area contributed by atoms with Crippen molar-refractivity contribution < 1.29 is 14.3 Å². The van der Waals surface area contributed by atoms with Crippen molar-refractivity contribution in [3.63, 3.8) is 0 Å². The smallest absolute Gasteiger partial charge is 0.323 e. The number of pyridine rings is 1. The maximum Gasteiger partial charge on any atom is 0.323 e. The van der Waals surface area contributed by atoms with Gasteiger partial charge in [-0.05, 0) is 19.1 Å². The third-order valence-corrected chi connectivity index (χ3v) is 3.52. The third kappa shape index (κ3) is 5.77. The first-order chi connectivity index (χ1) is 9.54. The predicted molar refractivity (Wildman–Crippen MR) is 79.8 cm³/mol. The lowest BCUT2D eigenvalue weighted by Crippen LogP contribution is -2.35. The van der Waals surface area contributed by atoms with E-state index in [2.05, 4.69) is 10.3 Å². The number of ether oxygens (including phenoxy) is 1. The van der Waals surface area contributed by atoms with Crippen LogP contribution in [0, 0.1) is 0 Å². The van der Waals surface area contributed by atoms with Crippen molar-refractivity contribution in [3.05, 3.63) is 23.5 Å². The minimum absolute atomic E-state index is 0.165. The van der Waals surface area contributed by atoms with E-state index in [1.54, 1.807) is 19.1 Å². The Balaban J connectivity index is 2.30. The Morgan fingerprint density at radius 3 is 3.00 bits per heavy atom. The monoisotopic (exact) mass is 317 g/mol. The summed E-state index contributed by atoms with van der Waals surface area (Å²) in [5.41, 5.74) is 6.06. The van der Waals surface area contributed by atoms with Gasteiger partial charge in [-0.15, -0.1) is 11.8 Å². The molecule has 0 aliphatic heterocycles. The Hall–Kier alpha value is -1.31. The van der Waals surface area contributed by atoms with Crippen LogP contribution in [0.4, 0.5) is 5.69 Å². The fourth-order valence-corrected chi connectivity index (χ4v) is 2.19. The fraction of sp³-hybridized carbons (Fsp3) is 0.417. The van der Waals surface area contributed by atoms with Crippen LogP contribution < -0.4 is 11.1 Å². The maximum absolute atomic E-state index is 11.7. The summed E-state index contributed by atoms with van der Waals surface area (Å²) >= 11 is 7.06. The van der Waals surface area contributed by atoms with Gasteiger partial charge >= 0.3 is 5.97 Å². The number of nitrogens with two attached hydrogens (primary N) is 1. The van der Waals surface area contributed by atoms with Gasteiger partial charge in [0.05, 0.1) is 18.0 Å². The summed E-state index contributed by atoms with van der Waals surface area (Å²) in [6.07, 6.45) is 1.53. The van der Waals surface area contributed by atoms with Crippen LogP contribution in [0.5, 0.6) is 0 Å². The lowest BCUT2D eigenvalue weighted by molar-refractivity contribution is -0.144. The Morgan fingerprint density at radius 1 is 1.60 bits per heavy atom. The predicted octanol–water partition coefficient (Wildman–Crippen LogP) is 1.30. The molecule has 8 heteroatoms. The van der Waals surface area contributed by atoms with Gasteiger partial charge in [-0.3, -0.25) is 9.59 Å². The Morgan fingerprint density at radius 2 is 2.35 bits per heavy atom. The first kappa shape index (κ1) is 16.7. The number of anilines is 1. The van der Waals surface area contributed by atoms with E-state index in [0.717, 1.165) is 0 Å². The molecule has 0 aliphatic rings. The molecule has 0 bridgehead atoms. The van der Waals surface area contributed by atoms with Gasteiger partial charge in [0.25, 0.3) is 0 Å². The first-order valence-corrected chi connectivity index (χ1v) is 7.48. The largest absolute Gasteiger partial charge is 0.465 e. The fourth-order valence-electron chi connectivity index (χ4n) is 1.26. The number of hydrogen-bond donors (Lipinski definition) is 2. The van der Waals surface area contributed by atoms with Crippen molar-refractivity contribution in [3.8, 4) is 0 Å². The third-order valence-electron chi connectivity index (χ3n) is 2.15. The van der Waals surface area contributed by atoms with Crippen LogP contribution in [0.3, 0.4) is 0 Å². The average molecular weight is 318 g/mol. The van der Waals surface area contributed by atoms with Crippen LogP contribution in [-0.4, -0.2) is 41.0 Å². The van der Waals surface area contributed by atoms with Gasteiger partial charge in [-0.1, -0.05) is 11.6 Å². The van der Waals surface area contributed by atoms with E-state index in [0.29, 0.717) is 11.4 Å². The minimum atomic E-state index is -0.727. The first-order valence-electron chi connectivity index (χ1n) is 5.95. The number of hydrogen-bond acceptors (Lipinski definition) is 6. The number of amides is 1. The Kier molecular flexibility index (Phi) is 7.35. The number of rotatable bonds is 7. The van der Waals surface area contributed by atoms with Crippen molar-refractivity contribution in [2.75, 3.05) is 23.4 Å². The number of nitrogens with one attached hydrogen (secondary N) is 1. The van der Waals surface area contributed by atoms with Gasteiger partial charge in [0.2, 0.25) is 5.91 Å². The summed E-state index contributed by atoms with van der Waals surface area (Å²) in [6, 6.07) is 2.60. The molecule has 0 spiro atoms. The minimum Gasteiger partial charge on any atom is -0.465 e. The molecule has 0 aromatic carbocycles. The molecule has 0 saturated heterocycles. The van der Waals surface area contributed by atoms with Gasteiger partial charge in [-0.25, -0.2) is 4.98 Å². The van der Waals surface area contributed by atoms with Crippen molar-refractivity contribution in [2.24, 2.45) is 5.73 Å². The van der Waals surface area contributed by atoms with E-state index in [1.807, 2.05) is 0 Å². The second-order valence-corrected chi connectivity index (χ2v) is 5.15. The maximum atomic E-state index is 11.7. The second kappa shape index (κ2) is 8.78. The lowest BCUT2D eigenvalue weighted by atomic mass is 10.4. The number of esters is 1. The molecule has 20 heavy (non-hydrogen) atoms.